The smallest absolute Gasteiger partial charge is 0.337 e. The molecule has 1 aromatic carbocycles. The number of hydrogen-bond acceptors (Lipinski definition) is 4. The van der Waals surface area contributed by atoms with E-state index in [1.165, 1.54) is 13.5 Å². The zero-order chi connectivity index (χ0) is 13.4. The Bertz CT molecular complexity index is 391. The third-order valence-electron chi connectivity index (χ3n) is 2.73. The van der Waals surface area contributed by atoms with Crippen LogP contribution in [0.4, 0.5) is 0 Å². The summed E-state index contributed by atoms with van der Waals surface area (Å²) in [7, 11) is 2.97. The lowest BCUT2D eigenvalue weighted by Gasteiger charge is -2.10. The number of nitrogens with one attached hydrogen (secondary N) is 1. The van der Waals surface area contributed by atoms with Crippen LogP contribution in [0.2, 0.25) is 0 Å². The minimum Gasteiger partial charge on any atom is -0.496 e. The van der Waals surface area contributed by atoms with Gasteiger partial charge in [-0.1, -0.05) is 19.4 Å². The highest BCUT2D eigenvalue weighted by Crippen LogP contribution is 2.20. The molecule has 0 spiro atoms. The van der Waals surface area contributed by atoms with Crippen LogP contribution in [0, 0.1) is 0 Å². The fourth-order valence-electron chi connectivity index (χ4n) is 1.66. The maximum Gasteiger partial charge on any atom is 0.337 e. The van der Waals surface area contributed by atoms with Crippen LogP contribution in [0.15, 0.2) is 18.2 Å². The highest BCUT2D eigenvalue weighted by molar-refractivity contribution is 5.89. The molecular formula is C14H21NO3. The third-order valence-corrected chi connectivity index (χ3v) is 2.73. The molecule has 0 fully saturated rings. The normalized spacial score (nSPS) is 10.2. The molecule has 0 aliphatic heterocycles. The van der Waals surface area contributed by atoms with Crippen LogP contribution in [0.5, 0.6) is 5.75 Å². The molecule has 1 N–H and O–H groups in total. The molecule has 1 rings (SSSR count). The summed E-state index contributed by atoms with van der Waals surface area (Å²) in [4.78, 5) is 11.4. The first-order valence-electron chi connectivity index (χ1n) is 6.18. The van der Waals surface area contributed by atoms with Crippen molar-refractivity contribution in [2.24, 2.45) is 0 Å². The van der Waals surface area contributed by atoms with Crippen molar-refractivity contribution in [3.8, 4) is 5.75 Å². The minimum atomic E-state index is -0.348. The molecule has 0 atom stereocenters. The summed E-state index contributed by atoms with van der Waals surface area (Å²) >= 11 is 0. The Morgan fingerprint density at radius 2 is 2.11 bits per heavy atom. The van der Waals surface area contributed by atoms with E-state index < -0.39 is 0 Å². The van der Waals surface area contributed by atoms with Gasteiger partial charge in [-0.2, -0.15) is 0 Å². The first-order valence-corrected chi connectivity index (χ1v) is 6.18. The molecule has 18 heavy (non-hydrogen) atoms. The van der Waals surface area contributed by atoms with Crippen molar-refractivity contribution in [3.63, 3.8) is 0 Å². The summed E-state index contributed by atoms with van der Waals surface area (Å²) in [6.45, 7) is 3.89. The SMILES string of the molecule is CCCCNCc1ccc(C(=O)OC)cc1OC. The number of carbonyl (C=O) groups excluding carboxylic acids is 1. The minimum absolute atomic E-state index is 0.348. The maximum absolute atomic E-state index is 11.4. The summed E-state index contributed by atoms with van der Waals surface area (Å²) < 4.78 is 9.97. The molecule has 1 aromatic rings. The lowest BCUT2D eigenvalue weighted by molar-refractivity contribution is 0.0600. The number of rotatable bonds is 7. The third kappa shape index (κ3) is 4.04. The van der Waals surface area contributed by atoms with E-state index in [0.717, 1.165) is 25.1 Å². The van der Waals surface area contributed by atoms with E-state index in [1.807, 2.05) is 6.07 Å². The van der Waals surface area contributed by atoms with Gasteiger partial charge in [-0.3, -0.25) is 0 Å². The van der Waals surface area contributed by atoms with Gasteiger partial charge in [-0.15, -0.1) is 0 Å². The van der Waals surface area contributed by atoms with Crippen LogP contribution < -0.4 is 10.1 Å². The Labute approximate surface area is 108 Å². The number of ether oxygens (including phenoxy) is 2. The highest BCUT2D eigenvalue weighted by Gasteiger charge is 2.09. The van der Waals surface area contributed by atoms with Crippen molar-refractivity contribution in [2.75, 3.05) is 20.8 Å². The topological polar surface area (TPSA) is 47.6 Å². The van der Waals surface area contributed by atoms with Crippen molar-refractivity contribution in [1.82, 2.24) is 5.32 Å². The lowest BCUT2D eigenvalue weighted by atomic mass is 10.1. The second kappa shape index (κ2) is 7.71. The molecule has 0 saturated carbocycles. The Balaban J connectivity index is 2.71. The number of carbonyl (C=O) groups is 1. The summed E-state index contributed by atoms with van der Waals surface area (Å²) in [6, 6.07) is 5.36. The summed E-state index contributed by atoms with van der Waals surface area (Å²) in [5, 5.41) is 3.34. The number of methoxy groups -OCH3 is 2. The van der Waals surface area contributed by atoms with Crippen LogP contribution in [-0.4, -0.2) is 26.7 Å². The molecule has 0 unspecified atom stereocenters. The molecule has 0 bridgehead atoms. The molecule has 0 aliphatic rings. The predicted molar refractivity (Wildman–Crippen MR) is 70.9 cm³/mol. The Hall–Kier alpha value is -1.55. The molecule has 4 nitrogen and oxygen atoms in total. The van der Waals surface area contributed by atoms with Gasteiger partial charge >= 0.3 is 5.97 Å². The average Bonchev–Trinajstić information content (AvgIpc) is 2.42. The second-order valence-corrected chi connectivity index (χ2v) is 4.05. The summed E-state index contributed by atoms with van der Waals surface area (Å²) in [6.07, 6.45) is 2.33. The zero-order valence-corrected chi connectivity index (χ0v) is 11.3. The molecule has 0 saturated heterocycles. The molecule has 0 aromatic heterocycles. The van der Waals surface area contributed by atoms with Gasteiger partial charge in [0.2, 0.25) is 0 Å². The monoisotopic (exact) mass is 251 g/mol. The summed E-state index contributed by atoms with van der Waals surface area (Å²) in [5.74, 6) is 0.362. The predicted octanol–water partition coefficient (Wildman–Crippen LogP) is 2.37. The molecule has 4 heteroatoms. The molecule has 0 heterocycles. The van der Waals surface area contributed by atoms with Crippen LogP contribution in [0.1, 0.15) is 35.7 Å². The Morgan fingerprint density at radius 1 is 1.33 bits per heavy atom. The standard InChI is InChI=1S/C14H21NO3/c1-4-5-8-15-10-12-7-6-11(14(16)18-3)9-13(12)17-2/h6-7,9,15H,4-5,8,10H2,1-3H3. The van der Waals surface area contributed by atoms with Crippen LogP contribution >= 0.6 is 0 Å². The van der Waals surface area contributed by atoms with E-state index in [4.69, 9.17) is 4.74 Å². The van der Waals surface area contributed by atoms with Crippen molar-refractivity contribution < 1.29 is 14.3 Å². The first kappa shape index (κ1) is 14.5. The molecule has 0 radical (unpaired) electrons. The number of benzene rings is 1. The largest absolute Gasteiger partial charge is 0.496 e. The van der Waals surface area contributed by atoms with E-state index in [2.05, 4.69) is 17.0 Å². The molecular weight excluding hydrogens is 230 g/mol. The quantitative estimate of drug-likeness (QED) is 0.597. The first-order chi connectivity index (χ1) is 8.72. The van der Waals surface area contributed by atoms with E-state index in [9.17, 15) is 4.79 Å². The van der Waals surface area contributed by atoms with Gasteiger partial charge < -0.3 is 14.8 Å². The van der Waals surface area contributed by atoms with E-state index in [1.54, 1.807) is 19.2 Å². The van der Waals surface area contributed by atoms with E-state index in [0.29, 0.717) is 11.3 Å². The Morgan fingerprint density at radius 3 is 2.72 bits per heavy atom. The van der Waals surface area contributed by atoms with Gasteiger partial charge in [0.05, 0.1) is 19.8 Å². The fraction of sp³-hybridized carbons (Fsp3) is 0.500. The molecule has 100 valence electrons. The van der Waals surface area contributed by atoms with Gasteiger partial charge in [-0.05, 0) is 25.1 Å². The van der Waals surface area contributed by atoms with Crippen LogP contribution in [0.3, 0.4) is 0 Å². The second-order valence-electron chi connectivity index (χ2n) is 4.05. The molecule has 0 amide bonds. The number of esters is 1. The lowest BCUT2D eigenvalue weighted by Crippen LogP contribution is -2.15. The number of hydrogen-bond donors (Lipinski definition) is 1. The van der Waals surface area contributed by atoms with Gasteiger partial charge in [-0.25, -0.2) is 4.79 Å². The van der Waals surface area contributed by atoms with Crippen molar-refractivity contribution in [1.29, 1.82) is 0 Å². The van der Waals surface area contributed by atoms with Crippen molar-refractivity contribution >= 4 is 5.97 Å². The average molecular weight is 251 g/mol. The van der Waals surface area contributed by atoms with Gasteiger partial charge in [0.15, 0.2) is 0 Å². The van der Waals surface area contributed by atoms with E-state index in [-0.39, 0.29) is 5.97 Å². The van der Waals surface area contributed by atoms with Crippen molar-refractivity contribution in [2.45, 2.75) is 26.3 Å². The molecule has 0 aliphatic carbocycles. The highest BCUT2D eigenvalue weighted by atomic mass is 16.5. The van der Waals surface area contributed by atoms with Crippen molar-refractivity contribution in [3.05, 3.63) is 29.3 Å². The maximum atomic E-state index is 11.4. The fourth-order valence-corrected chi connectivity index (χ4v) is 1.66. The zero-order valence-electron chi connectivity index (χ0n) is 11.3. The van der Waals surface area contributed by atoms with E-state index >= 15 is 0 Å². The number of unbranched alkanes of at least 4 members (excludes halogenated alkanes) is 1. The Kier molecular flexibility index (Phi) is 6.22. The van der Waals surface area contributed by atoms with Crippen LogP contribution in [-0.2, 0) is 11.3 Å². The van der Waals surface area contributed by atoms with Gasteiger partial charge in [0, 0.05) is 12.1 Å². The van der Waals surface area contributed by atoms with Gasteiger partial charge in [0.1, 0.15) is 5.75 Å². The van der Waals surface area contributed by atoms with Gasteiger partial charge in [0.25, 0.3) is 0 Å². The summed E-state index contributed by atoms with van der Waals surface area (Å²) in [5.41, 5.74) is 1.55. The van der Waals surface area contributed by atoms with Crippen LogP contribution in [0.25, 0.3) is 0 Å².